The number of nitrogens with one attached hydrogen (secondary N) is 2. The van der Waals surface area contributed by atoms with Gasteiger partial charge in [0, 0.05) is 19.2 Å². The van der Waals surface area contributed by atoms with Crippen molar-refractivity contribution in [3.8, 4) is 0 Å². The van der Waals surface area contributed by atoms with Crippen LogP contribution in [0.1, 0.15) is 18.1 Å². The molecular formula is C15H20FN5. The first-order chi connectivity index (χ1) is 10.1. The van der Waals surface area contributed by atoms with E-state index in [0.717, 1.165) is 24.1 Å². The topological polar surface area (TPSA) is 75.9 Å². The van der Waals surface area contributed by atoms with Gasteiger partial charge in [0.2, 0.25) is 5.95 Å². The predicted octanol–water partition coefficient (Wildman–Crippen LogP) is 2.59. The summed E-state index contributed by atoms with van der Waals surface area (Å²) in [5.74, 6) is 1.40. The lowest BCUT2D eigenvalue weighted by Gasteiger charge is -2.10. The number of halogens is 1. The van der Waals surface area contributed by atoms with E-state index in [9.17, 15) is 4.39 Å². The molecule has 0 atom stereocenters. The highest BCUT2D eigenvalue weighted by molar-refractivity contribution is 5.51. The van der Waals surface area contributed by atoms with Crippen molar-refractivity contribution in [3.05, 3.63) is 41.2 Å². The van der Waals surface area contributed by atoms with Gasteiger partial charge in [0.1, 0.15) is 17.5 Å². The van der Waals surface area contributed by atoms with Crippen LogP contribution in [-0.2, 0) is 6.42 Å². The van der Waals surface area contributed by atoms with Gasteiger partial charge in [0.15, 0.2) is 0 Å². The summed E-state index contributed by atoms with van der Waals surface area (Å²) in [6.07, 6.45) is 0.784. The minimum Gasteiger partial charge on any atom is -0.370 e. The molecule has 1 aromatic heterocycles. The molecule has 1 aromatic carbocycles. The summed E-state index contributed by atoms with van der Waals surface area (Å²) in [7, 11) is 0. The van der Waals surface area contributed by atoms with E-state index < -0.39 is 0 Å². The van der Waals surface area contributed by atoms with Gasteiger partial charge in [-0.2, -0.15) is 9.97 Å². The van der Waals surface area contributed by atoms with Crippen LogP contribution in [0.25, 0.3) is 0 Å². The van der Waals surface area contributed by atoms with Gasteiger partial charge in [0.25, 0.3) is 0 Å². The molecule has 2 aromatic rings. The molecule has 6 heteroatoms. The maximum absolute atomic E-state index is 13.0. The Morgan fingerprint density at radius 2 is 1.86 bits per heavy atom. The molecule has 0 aliphatic carbocycles. The normalized spacial score (nSPS) is 10.4. The smallest absolute Gasteiger partial charge is 0.223 e. The molecule has 2 rings (SSSR count). The maximum Gasteiger partial charge on any atom is 0.223 e. The minimum atomic E-state index is -0.205. The molecule has 0 aliphatic rings. The number of benzene rings is 1. The first kappa shape index (κ1) is 15.0. The van der Waals surface area contributed by atoms with Gasteiger partial charge in [-0.3, -0.25) is 0 Å². The first-order valence-corrected chi connectivity index (χ1v) is 6.96. The van der Waals surface area contributed by atoms with Crippen LogP contribution in [0.15, 0.2) is 24.3 Å². The Balaban J connectivity index is 1.96. The van der Waals surface area contributed by atoms with Crippen LogP contribution in [0.4, 0.5) is 22.0 Å². The zero-order valence-corrected chi connectivity index (χ0v) is 12.3. The van der Waals surface area contributed by atoms with E-state index in [1.807, 2.05) is 26.0 Å². The summed E-state index contributed by atoms with van der Waals surface area (Å²) in [6.45, 7) is 5.35. The zero-order chi connectivity index (χ0) is 15.2. The number of rotatable bonds is 6. The molecule has 112 valence electrons. The second kappa shape index (κ2) is 6.88. The maximum atomic E-state index is 13.0. The molecule has 0 spiro atoms. The van der Waals surface area contributed by atoms with Gasteiger partial charge in [-0.15, -0.1) is 0 Å². The van der Waals surface area contributed by atoms with Crippen LogP contribution < -0.4 is 16.4 Å². The van der Waals surface area contributed by atoms with Crippen molar-refractivity contribution in [2.24, 2.45) is 0 Å². The number of nitrogens with zero attached hydrogens (tertiary/aromatic N) is 2. The van der Waals surface area contributed by atoms with E-state index in [2.05, 4.69) is 20.6 Å². The number of nitrogens with two attached hydrogens (primary N) is 1. The van der Waals surface area contributed by atoms with Crippen LogP contribution >= 0.6 is 0 Å². The Labute approximate surface area is 123 Å². The van der Waals surface area contributed by atoms with Gasteiger partial charge in [0.05, 0.1) is 0 Å². The lowest BCUT2D eigenvalue weighted by molar-refractivity contribution is 0.625. The number of aryl methyl sites for hydroxylation is 1. The second-order valence-electron chi connectivity index (χ2n) is 4.77. The SMILES string of the molecule is CCNc1cc(NCCc2ccc(F)cc2C)nc(N)n1. The monoisotopic (exact) mass is 289 g/mol. The molecule has 0 radical (unpaired) electrons. The molecule has 4 N–H and O–H groups in total. The molecule has 0 amide bonds. The molecular weight excluding hydrogens is 269 g/mol. The lowest BCUT2D eigenvalue weighted by atomic mass is 10.1. The number of aromatic nitrogens is 2. The number of hydrogen-bond donors (Lipinski definition) is 3. The summed E-state index contributed by atoms with van der Waals surface area (Å²) >= 11 is 0. The van der Waals surface area contributed by atoms with E-state index in [1.54, 1.807) is 6.07 Å². The van der Waals surface area contributed by atoms with Crippen LogP contribution in [0.5, 0.6) is 0 Å². The van der Waals surface area contributed by atoms with Crippen LogP contribution in [-0.4, -0.2) is 23.1 Å². The second-order valence-corrected chi connectivity index (χ2v) is 4.77. The highest BCUT2D eigenvalue weighted by atomic mass is 19.1. The Bertz CT molecular complexity index is 615. The van der Waals surface area contributed by atoms with Gasteiger partial charge >= 0.3 is 0 Å². The number of anilines is 3. The first-order valence-electron chi connectivity index (χ1n) is 6.96. The van der Waals surface area contributed by atoms with Crippen molar-refractivity contribution in [2.45, 2.75) is 20.3 Å². The minimum absolute atomic E-state index is 0.205. The summed E-state index contributed by atoms with van der Waals surface area (Å²) in [4.78, 5) is 8.23. The number of hydrogen-bond acceptors (Lipinski definition) is 5. The van der Waals surface area contributed by atoms with Crippen molar-refractivity contribution in [1.29, 1.82) is 0 Å². The van der Waals surface area contributed by atoms with E-state index in [-0.39, 0.29) is 11.8 Å². The van der Waals surface area contributed by atoms with E-state index in [4.69, 9.17) is 5.73 Å². The predicted molar refractivity (Wildman–Crippen MR) is 83.9 cm³/mol. The average Bonchev–Trinajstić information content (AvgIpc) is 2.41. The molecule has 5 nitrogen and oxygen atoms in total. The van der Waals surface area contributed by atoms with Crippen molar-refractivity contribution >= 4 is 17.6 Å². The molecule has 0 saturated heterocycles. The lowest BCUT2D eigenvalue weighted by Crippen LogP contribution is -2.10. The molecule has 0 bridgehead atoms. The quantitative estimate of drug-likeness (QED) is 0.762. The molecule has 1 heterocycles. The van der Waals surface area contributed by atoms with E-state index in [1.165, 1.54) is 6.07 Å². The largest absolute Gasteiger partial charge is 0.370 e. The van der Waals surface area contributed by atoms with Crippen molar-refractivity contribution in [2.75, 3.05) is 29.5 Å². The third-order valence-corrected chi connectivity index (χ3v) is 3.11. The van der Waals surface area contributed by atoms with Crippen LogP contribution in [0.2, 0.25) is 0 Å². The van der Waals surface area contributed by atoms with E-state index in [0.29, 0.717) is 18.2 Å². The molecule has 21 heavy (non-hydrogen) atoms. The Morgan fingerprint density at radius 1 is 1.14 bits per heavy atom. The van der Waals surface area contributed by atoms with Crippen molar-refractivity contribution in [1.82, 2.24) is 9.97 Å². The molecule has 0 aliphatic heterocycles. The Hall–Kier alpha value is -2.37. The Kier molecular flexibility index (Phi) is 4.92. The highest BCUT2D eigenvalue weighted by Gasteiger charge is 2.03. The fourth-order valence-electron chi connectivity index (χ4n) is 2.09. The molecule has 0 unspecified atom stereocenters. The summed E-state index contributed by atoms with van der Waals surface area (Å²) in [6, 6.07) is 6.65. The fraction of sp³-hybridized carbons (Fsp3) is 0.333. The van der Waals surface area contributed by atoms with Crippen molar-refractivity contribution in [3.63, 3.8) is 0 Å². The van der Waals surface area contributed by atoms with Gasteiger partial charge in [-0.1, -0.05) is 6.07 Å². The fourth-order valence-corrected chi connectivity index (χ4v) is 2.09. The summed E-state index contributed by atoms with van der Waals surface area (Å²) in [5.41, 5.74) is 7.73. The highest BCUT2D eigenvalue weighted by Crippen LogP contribution is 2.14. The van der Waals surface area contributed by atoms with Gasteiger partial charge in [-0.05, 0) is 43.5 Å². The summed E-state index contributed by atoms with van der Waals surface area (Å²) < 4.78 is 13.0. The van der Waals surface area contributed by atoms with Gasteiger partial charge in [-0.25, -0.2) is 4.39 Å². The summed E-state index contributed by atoms with van der Waals surface area (Å²) in [5, 5.41) is 6.31. The van der Waals surface area contributed by atoms with Crippen LogP contribution in [0.3, 0.4) is 0 Å². The zero-order valence-electron chi connectivity index (χ0n) is 12.3. The third-order valence-electron chi connectivity index (χ3n) is 3.11. The standard InChI is InChI=1S/C15H20FN5/c1-3-18-13-9-14(21-15(17)20-13)19-7-6-11-4-5-12(16)8-10(11)2/h4-5,8-9H,3,6-7H2,1-2H3,(H4,17,18,19,20,21). The Morgan fingerprint density at radius 3 is 2.52 bits per heavy atom. The van der Waals surface area contributed by atoms with Crippen molar-refractivity contribution < 1.29 is 4.39 Å². The number of nitrogen functional groups attached to an aromatic ring is 1. The van der Waals surface area contributed by atoms with E-state index >= 15 is 0 Å². The molecule has 0 saturated carbocycles. The molecule has 0 fully saturated rings. The third kappa shape index (κ3) is 4.30. The van der Waals surface area contributed by atoms with Gasteiger partial charge < -0.3 is 16.4 Å². The average molecular weight is 289 g/mol. The van der Waals surface area contributed by atoms with Crippen LogP contribution in [0, 0.1) is 12.7 Å².